The van der Waals surface area contributed by atoms with Crippen molar-refractivity contribution in [1.82, 2.24) is 20.1 Å². The molecule has 130 valence electrons. The van der Waals surface area contributed by atoms with Crippen molar-refractivity contribution in [3.63, 3.8) is 0 Å². The number of pyridine rings is 1. The number of nitrogens with one attached hydrogen (secondary N) is 1. The van der Waals surface area contributed by atoms with Crippen LogP contribution >= 0.6 is 11.6 Å². The summed E-state index contributed by atoms with van der Waals surface area (Å²) in [5.41, 5.74) is 0.174. The number of aromatic nitrogens is 3. The molecule has 0 radical (unpaired) electrons. The molecule has 0 spiro atoms. The first-order valence-electron chi connectivity index (χ1n) is 7.12. The molecule has 2 aromatic rings. The third-order valence-electron chi connectivity index (χ3n) is 3.47. The second kappa shape index (κ2) is 6.80. The number of nitrogens with zero attached hydrogens (tertiary/aromatic N) is 3. The largest absolute Gasteiger partial charge is 0.436 e. The van der Waals surface area contributed by atoms with Crippen LogP contribution < -0.4 is 5.32 Å². The van der Waals surface area contributed by atoms with Gasteiger partial charge in [-0.05, 0) is 25.5 Å². The van der Waals surface area contributed by atoms with Gasteiger partial charge in [-0.1, -0.05) is 17.7 Å². The van der Waals surface area contributed by atoms with Crippen molar-refractivity contribution < 1.29 is 18.0 Å². The van der Waals surface area contributed by atoms with E-state index < -0.39 is 22.8 Å². The average Bonchev–Trinajstić information content (AvgIpc) is 2.76. The van der Waals surface area contributed by atoms with E-state index in [0.717, 1.165) is 15.9 Å². The van der Waals surface area contributed by atoms with Gasteiger partial charge in [0.2, 0.25) is 0 Å². The lowest BCUT2D eigenvalue weighted by atomic mass is 10.1. The highest BCUT2D eigenvalue weighted by Gasteiger charge is 2.39. The van der Waals surface area contributed by atoms with Gasteiger partial charge in [0.15, 0.2) is 5.69 Å². The predicted octanol–water partition coefficient (Wildman–Crippen LogP) is 3.16. The van der Waals surface area contributed by atoms with E-state index in [1.165, 1.54) is 7.05 Å². The number of aryl methyl sites for hydroxylation is 2. The summed E-state index contributed by atoms with van der Waals surface area (Å²) < 4.78 is 39.2. The van der Waals surface area contributed by atoms with Crippen LogP contribution in [0.5, 0.6) is 0 Å². The standard InChI is InChI=1S/C15H16ClF3N4O/c1-8-5-4-6-20-10(8)7-9(2)21-14(24)12-11(16)13(15(17,18)19)22-23(12)3/h4-6,9H,7H2,1-3H3,(H,21,24)/t9-/m1/s1. The zero-order chi connectivity index (χ0) is 18.1. The monoisotopic (exact) mass is 360 g/mol. The maximum Gasteiger partial charge on any atom is 0.436 e. The first-order valence-corrected chi connectivity index (χ1v) is 7.50. The molecule has 0 aliphatic carbocycles. The Kier molecular flexibility index (Phi) is 5.17. The number of carbonyl (C=O) groups excluding carboxylic acids is 1. The van der Waals surface area contributed by atoms with E-state index in [1.807, 2.05) is 13.0 Å². The van der Waals surface area contributed by atoms with Gasteiger partial charge in [0.25, 0.3) is 5.91 Å². The Morgan fingerprint density at radius 1 is 1.46 bits per heavy atom. The van der Waals surface area contributed by atoms with Crippen molar-refractivity contribution in [2.75, 3.05) is 0 Å². The van der Waals surface area contributed by atoms with Gasteiger partial charge in [0.05, 0.1) is 0 Å². The summed E-state index contributed by atoms with van der Waals surface area (Å²) in [5.74, 6) is -0.716. The maximum absolute atomic E-state index is 12.8. The summed E-state index contributed by atoms with van der Waals surface area (Å²) >= 11 is 5.70. The molecule has 0 aliphatic rings. The van der Waals surface area contributed by atoms with E-state index in [0.29, 0.717) is 6.42 Å². The predicted molar refractivity (Wildman–Crippen MR) is 82.8 cm³/mol. The highest BCUT2D eigenvalue weighted by molar-refractivity contribution is 6.34. The molecular formula is C15H16ClF3N4O. The van der Waals surface area contributed by atoms with Crippen LogP contribution in [0.3, 0.4) is 0 Å². The minimum Gasteiger partial charge on any atom is -0.348 e. The number of carbonyl (C=O) groups is 1. The normalized spacial score (nSPS) is 13.0. The molecule has 2 heterocycles. The Morgan fingerprint density at radius 2 is 2.12 bits per heavy atom. The number of amides is 1. The van der Waals surface area contributed by atoms with Gasteiger partial charge < -0.3 is 5.32 Å². The molecule has 5 nitrogen and oxygen atoms in total. The van der Waals surface area contributed by atoms with Gasteiger partial charge in [-0.2, -0.15) is 18.3 Å². The van der Waals surface area contributed by atoms with Gasteiger partial charge in [-0.25, -0.2) is 0 Å². The highest BCUT2D eigenvalue weighted by atomic mass is 35.5. The highest BCUT2D eigenvalue weighted by Crippen LogP contribution is 2.35. The van der Waals surface area contributed by atoms with E-state index in [1.54, 1.807) is 19.2 Å². The fourth-order valence-electron chi connectivity index (χ4n) is 2.29. The minimum atomic E-state index is -4.72. The second-order valence-corrected chi connectivity index (χ2v) is 5.86. The average molecular weight is 361 g/mol. The van der Waals surface area contributed by atoms with Crippen molar-refractivity contribution in [2.45, 2.75) is 32.5 Å². The van der Waals surface area contributed by atoms with Crippen LogP contribution in [0.15, 0.2) is 18.3 Å². The van der Waals surface area contributed by atoms with Gasteiger partial charge in [-0.3, -0.25) is 14.5 Å². The molecular weight excluding hydrogens is 345 g/mol. The number of hydrogen-bond donors (Lipinski definition) is 1. The third kappa shape index (κ3) is 3.87. The van der Waals surface area contributed by atoms with E-state index in [-0.39, 0.29) is 11.7 Å². The zero-order valence-corrected chi connectivity index (χ0v) is 14.0. The Hall–Kier alpha value is -2.09. The first kappa shape index (κ1) is 18.3. The molecule has 0 unspecified atom stereocenters. The molecule has 1 amide bonds. The molecule has 0 saturated carbocycles. The number of alkyl halides is 3. The van der Waals surface area contributed by atoms with Crippen LogP contribution in [0.25, 0.3) is 0 Å². The van der Waals surface area contributed by atoms with Crippen LogP contribution in [0.4, 0.5) is 13.2 Å². The lowest BCUT2D eigenvalue weighted by molar-refractivity contribution is -0.141. The fraction of sp³-hybridized carbons (Fsp3) is 0.400. The lowest BCUT2D eigenvalue weighted by Crippen LogP contribution is -2.35. The fourth-order valence-corrected chi connectivity index (χ4v) is 2.64. The second-order valence-electron chi connectivity index (χ2n) is 5.48. The molecule has 24 heavy (non-hydrogen) atoms. The van der Waals surface area contributed by atoms with Gasteiger partial charge in [0, 0.05) is 31.4 Å². The van der Waals surface area contributed by atoms with Crippen molar-refractivity contribution in [1.29, 1.82) is 0 Å². The van der Waals surface area contributed by atoms with Gasteiger partial charge in [0.1, 0.15) is 10.7 Å². The third-order valence-corrected chi connectivity index (χ3v) is 3.83. The smallest absolute Gasteiger partial charge is 0.348 e. The van der Waals surface area contributed by atoms with E-state index in [9.17, 15) is 18.0 Å². The molecule has 9 heteroatoms. The summed E-state index contributed by atoms with van der Waals surface area (Å²) in [6.45, 7) is 3.63. The number of halogens is 4. The van der Waals surface area contributed by atoms with Gasteiger partial charge >= 0.3 is 6.18 Å². The number of rotatable bonds is 4. The molecule has 2 rings (SSSR count). The molecule has 0 aliphatic heterocycles. The summed E-state index contributed by atoms with van der Waals surface area (Å²) in [5, 5.41) is 5.22. The van der Waals surface area contributed by atoms with Crippen LogP contribution in [0.1, 0.15) is 34.4 Å². The Morgan fingerprint density at radius 3 is 2.67 bits per heavy atom. The quantitative estimate of drug-likeness (QED) is 0.911. The SMILES string of the molecule is Cc1cccnc1C[C@@H](C)NC(=O)c1c(Cl)c(C(F)(F)F)nn1C. The van der Waals surface area contributed by atoms with Crippen LogP contribution in [0.2, 0.25) is 5.02 Å². The Labute approximate surface area is 141 Å². The Bertz CT molecular complexity index is 758. The number of hydrogen-bond acceptors (Lipinski definition) is 3. The van der Waals surface area contributed by atoms with Crippen LogP contribution in [-0.4, -0.2) is 26.7 Å². The van der Waals surface area contributed by atoms with Crippen molar-refractivity contribution in [3.8, 4) is 0 Å². The van der Waals surface area contributed by atoms with E-state index in [2.05, 4.69) is 15.4 Å². The molecule has 0 aromatic carbocycles. The van der Waals surface area contributed by atoms with Crippen LogP contribution in [0, 0.1) is 6.92 Å². The molecule has 1 N–H and O–H groups in total. The summed E-state index contributed by atoms with van der Waals surface area (Å²) in [6, 6.07) is 3.35. The van der Waals surface area contributed by atoms with Crippen molar-refractivity contribution in [3.05, 3.63) is 46.0 Å². The minimum absolute atomic E-state index is 0.325. The molecule has 0 saturated heterocycles. The van der Waals surface area contributed by atoms with Crippen molar-refractivity contribution in [2.24, 2.45) is 7.05 Å². The molecule has 2 aromatic heterocycles. The molecule has 0 bridgehead atoms. The Balaban J connectivity index is 2.16. The zero-order valence-electron chi connectivity index (χ0n) is 13.3. The summed E-state index contributed by atoms with van der Waals surface area (Å²) in [6.07, 6.45) is -2.63. The summed E-state index contributed by atoms with van der Waals surface area (Å²) in [7, 11) is 1.24. The van der Waals surface area contributed by atoms with Crippen LogP contribution in [-0.2, 0) is 19.6 Å². The van der Waals surface area contributed by atoms with Crippen molar-refractivity contribution >= 4 is 17.5 Å². The van der Waals surface area contributed by atoms with Gasteiger partial charge in [-0.15, -0.1) is 0 Å². The maximum atomic E-state index is 12.8. The van der Waals surface area contributed by atoms with E-state index >= 15 is 0 Å². The molecule has 1 atom stereocenters. The lowest BCUT2D eigenvalue weighted by Gasteiger charge is -2.15. The first-order chi connectivity index (χ1) is 11.1. The topological polar surface area (TPSA) is 59.8 Å². The van der Waals surface area contributed by atoms with E-state index in [4.69, 9.17) is 11.6 Å². The molecule has 0 fully saturated rings. The summed E-state index contributed by atoms with van der Waals surface area (Å²) in [4.78, 5) is 16.5.